The van der Waals surface area contributed by atoms with E-state index in [9.17, 15) is 9.59 Å². The fourth-order valence-electron chi connectivity index (χ4n) is 3.11. The molecule has 2 N–H and O–H groups in total. The van der Waals surface area contributed by atoms with Gasteiger partial charge in [-0.15, -0.1) is 0 Å². The standard InChI is InChI=1S/C13H20N2O4/c16-12(10-4-11(10)13(17)18)14-5-9-6-15-3-1-2-8(15)7-19-9/h8-11H,1-7H2,(H,14,16)(H,17,18). The second-order valence-electron chi connectivity index (χ2n) is 5.78. The van der Waals surface area contributed by atoms with Crippen molar-refractivity contribution in [3.63, 3.8) is 0 Å². The van der Waals surface area contributed by atoms with E-state index in [0.29, 0.717) is 19.0 Å². The molecule has 106 valence electrons. The number of ether oxygens (including phenoxy) is 1. The number of nitrogens with one attached hydrogen (secondary N) is 1. The van der Waals surface area contributed by atoms with E-state index >= 15 is 0 Å². The van der Waals surface area contributed by atoms with Crippen LogP contribution in [0, 0.1) is 11.8 Å². The molecule has 1 aliphatic carbocycles. The third kappa shape index (κ3) is 2.74. The van der Waals surface area contributed by atoms with Crippen LogP contribution in [-0.4, -0.2) is 60.3 Å². The van der Waals surface area contributed by atoms with Gasteiger partial charge in [0.1, 0.15) is 0 Å². The first-order valence-electron chi connectivity index (χ1n) is 7.01. The smallest absolute Gasteiger partial charge is 0.307 e. The zero-order chi connectivity index (χ0) is 13.4. The molecule has 0 bridgehead atoms. The fourth-order valence-corrected chi connectivity index (χ4v) is 3.11. The van der Waals surface area contributed by atoms with Crippen LogP contribution in [-0.2, 0) is 14.3 Å². The van der Waals surface area contributed by atoms with Crippen molar-refractivity contribution < 1.29 is 19.4 Å². The molecule has 19 heavy (non-hydrogen) atoms. The molecule has 0 radical (unpaired) electrons. The lowest BCUT2D eigenvalue weighted by Gasteiger charge is -2.35. The van der Waals surface area contributed by atoms with E-state index in [1.54, 1.807) is 0 Å². The first kappa shape index (κ1) is 12.9. The Bertz CT molecular complexity index is 387. The third-order valence-electron chi connectivity index (χ3n) is 4.41. The van der Waals surface area contributed by atoms with E-state index in [4.69, 9.17) is 9.84 Å². The average molecular weight is 268 g/mol. The van der Waals surface area contributed by atoms with Gasteiger partial charge in [-0.25, -0.2) is 0 Å². The number of hydrogen-bond donors (Lipinski definition) is 2. The van der Waals surface area contributed by atoms with Gasteiger partial charge in [0.25, 0.3) is 0 Å². The van der Waals surface area contributed by atoms with Crippen molar-refractivity contribution in [3.05, 3.63) is 0 Å². The Hall–Kier alpha value is -1.14. The molecule has 1 amide bonds. The molecule has 0 aromatic rings. The number of rotatable bonds is 4. The summed E-state index contributed by atoms with van der Waals surface area (Å²) < 4.78 is 5.74. The van der Waals surface area contributed by atoms with Crippen LogP contribution < -0.4 is 5.32 Å². The van der Waals surface area contributed by atoms with Crippen LogP contribution in [0.15, 0.2) is 0 Å². The maximum absolute atomic E-state index is 11.7. The number of fused-ring (bicyclic) bond motifs is 1. The fraction of sp³-hybridized carbons (Fsp3) is 0.846. The van der Waals surface area contributed by atoms with Crippen LogP contribution in [0.5, 0.6) is 0 Å². The third-order valence-corrected chi connectivity index (χ3v) is 4.41. The van der Waals surface area contributed by atoms with Crippen molar-refractivity contribution in [2.24, 2.45) is 11.8 Å². The molecule has 0 spiro atoms. The molecule has 2 aliphatic heterocycles. The number of nitrogens with zero attached hydrogens (tertiary/aromatic N) is 1. The highest BCUT2D eigenvalue weighted by Crippen LogP contribution is 2.38. The van der Waals surface area contributed by atoms with Gasteiger partial charge in [0.15, 0.2) is 0 Å². The molecule has 4 unspecified atom stereocenters. The van der Waals surface area contributed by atoms with Crippen molar-refractivity contribution >= 4 is 11.9 Å². The topological polar surface area (TPSA) is 78.9 Å². The van der Waals surface area contributed by atoms with E-state index in [1.807, 2.05) is 0 Å². The molecule has 0 aromatic carbocycles. The Labute approximate surface area is 112 Å². The Morgan fingerprint density at radius 2 is 2.21 bits per heavy atom. The van der Waals surface area contributed by atoms with E-state index in [2.05, 4.69) is 10.2 Å². The monoisotopic (exact) mass is 268 g/mol. The summed E-state index contributed by atoms with van der Waals surface area (Å²) in [5, 5.41) is 11.6. The zero-order valence-corrected chi connectivity index (χ0v) is 10.9. The van der Waals surface area contributed by atoms with Crippen LogP contribution in [0.25, 0.3) is 0 Å². The molecule has 3 aliphatic rings. The number of amides is 1. The first-order valence-corrected chi connectivity index (χ1v) is 7.01. The molecule has 3 fully saturated rings. The summed E-state index contributed by atoms with van der Waals surface area (Å²) in [6.45, 7) is 3.24. The number of carbonyl (C=O) groups excluding carboxylic acids is 1. The van der Waals surface area contributed by atoms with Gasteiger partial charge < -0.3 is 15.2 Å². The van der Waals surface area contributed by atoms with Gasteiger partial charge in [0, 0.05) is 19.1 Å². The van der Waals surface area contributed by atoms with Crippen LogP contribution in [0.3, 0.4) is 0 Å². The van der Waals surface area contributed by atoms with Crippen LogP contribution in [0.2, 0.25) is 0 Å². The summed E-state index contributed by atoms with van der Waals surface area (Å²) in [7, 11) is 0. The van der Waals surface area contributed by atoms with Crippen LogP contribution in [0.1, 0.15) is 19.3 Å². The van der Waals surface area contributed by atoms with Crippen molar-refractivity contribution in [2.45, 2.75) is 31.4 Å². The number of carbonyl (C=O) groups is 2. The van der Waals surface area contributed by atoms with Crippen LogP contribution >= 0.6 is 0 Å². The van der Waals surface area contributed by atoms with E-state index in [-0.39, 0.29) is 17.9 Å². The molecule has 4 atom stereocenters. The second kappa shape index (κ2) is 5.09. The van der Waals surface area contributed by atoms with Crippen molar-refractivity contribution in [3.8, 4) is 0 Å². The minimum atomic E-state index is -0.867. The average Bonchev–Trinajstić information content (AvgIpc) is 3.07. The summed E-state index contributed by atoms with van der Waals surface area (Å²) in [5.74, 6) is -1.82. The summed E-state index contributed by atoms with van der Waals surface area (Å²) in [4.78, 5) is 24.9. The Morgan fingerprint density at radius 3 is 2.95 bits per heavy atom. The molecule has 2 heterocycles. The minimum absolute atomic E-state index is 0.0420. The van der Waals surface area contributed by atoms with Gasteiger partial charge in [-0.1, -0.05) is 0 Å². The molecular weight excluding hydrogens is 248 g/mol. The number of carboxylic acids is 1. The summed E-state index contributed by atoms with van der Waals surface area (Å²) in [5.41, 5.74) is 0. The Kier molecular flexibility index (Phi) is 3.45. The van der Waals surface area contributed by atoms with Gasteiger partial charge in [0.05, 0.1) is 24.5 Å². The highest BCUT2D eigenvalue weighted by molar-refractivity contribution is 5.89. The summed E-state index contributed by atoms with van der Waals surface area (Å²) in [6, 6.07) is 0.562. The maximum atomic E-state index is 11.7. The van der Waals surface area contributed by atoms with Crippen molar-refractivity contribution in [1.29, 1.82) is 0 Å². The lowest BCUT2D eigenvalue weighted by Crippen LogP contribution is -2.50. The maximum Gasteiger partial charge on any atom is 0.307 e. The van der Waals surface area contributed by atoms with Crippen molar-refractivity contribution in [1.82, 2.24) is 10.2 Å². The van der Waals surface area contributed by atoms with Gasteiger partial charge in [-0.3, -0.25) is 14.5 Å². The zero-order valence-electron chi connectivity index (χ0n) is 10.9. The highest BCUT2D eigenvalue weighted by atomic mass is 16.5. The second-order valence-corrected chi connectivity index (χ2v) is 5.78. The lowest BCUT2D eigenvalue weighted by atomic mass is 10.2. The number of morpholine rings is 1. The molecule has 1 saturated carbocycles. The van der Waals surface area contributed by atoms with Gasteiger partial charge in [0.2, 0.25) is 5.91 Å². The van der Waals surface area contributed by atoms with Crippen LogP contribution in [0.4, 0.5) is 0 Å². The Balaban J connectivity index is 1.41. The largest absolute Gasteiger partial charge is 0.481 e. The molecule has 2 saturated heterocycles. The number of carboxylic acid groups (broad SMARTS) is 1. The van der Waals surface area contributed by atoms with E-state index in [1.165, 1.54) is 12.8 Å². The molecular formula is C13H20N2O4. The molecule has 6 nitrogen and oxygen atoms in total. The minimum Gasteiger partial charge on any atom is -0.481 e. The van der Waals surface area contributed by atoms with Gasteiger partial charge in [-0.05, 0) is 25.8 Å². The van der Waals surface area contributed by atoms with Gasteiger partial charge in [-0.2, -0.15) is 0 Å². The normalized spacial score (nSPS) is 37.7. The lowest BCUT2D eigenvalue weighted by molar-refractivity contribution is -0.140. The molecule has 6 heteroatoms. The number of hydrogen-bond acceptors (Lipinski definition) is 4. The molecule has 3 rings (SSSR count). The predicted octanol–water partition coefficient (Wildman–Crippen LogP) is -0.313. The van der Waals surface area contributed by atoms with Gasteiger partial charge >= 0.3 is 5.97 Å². The van der Waals surface area contributed by atoms with E-state index in [0.717, 1.165) is 19.7 Å². The summed E-state index contributed by atoms with van der Waals surface area (Å²) >= 11 is 0. The van der Waals surface area contributed by atoms with E-state index < -0.39 is 11.9 Å². The number of aliphatic carboxylic acids is 1. The highest BCUT2D eigenvalue weighted by Gasteiger charge is 2.48. The predicted molar refractivity (Wildman–Crippen MR) is 66.6 cm³/mol. The summed E-state index contributed by atoms with van der Waals surface area (Å²) in [6.07, 6.45) is 2.96. The quantitative estimate of drug-likeness (QED) is 0.731. The SMILES string of the molecule is O=C(O)C1CC1C(=O)NCC1CN2CCCC2CO1. The Morgan fingerprint density at radius 1 is 1.37 bits per heavy atom. The first-order chi connectivity index (χ1) is 9.15. The molecule has 0 aromatic heterocycles. The van der Waals surface area contributed by atoms with Crippen molar-refractivity contribution in [2.75, 3.05) is 26.2 Å².